The van der Waals surface area contributed by atoms with Crippen LogP contribution in [0.5, 0.6) is 5.75 Å². The normalized spacial score (nSPS) is 10.8. The predicted molar refractivity (Wildman–Crippen MR) is 90.5 cm³/mol. The molecular formula is C17H15Cl2N2O+. The minimum absolute atomic E-state index is 0.511. The van der Waals surface area contributed by atoms with Gasteiger partial charge in [0.1, 0.15) is 18.9 Å². The maximum atomic E-state index is 6.10. The molecule has 0 unspecified atom stereocenters. The van der Waals surface area contributed by atoms with Crippen LogP contribution in [0.25, 0.3) is 17.2 Å². The second-order valence-corrected chi connectivity index (χ2v) is 5.65. The van der Waals surface area contributed by atoms with E-state index in [-0.39, 0.29) is 0 Å². The van der Waals surface area contributed by atoms with Gasteiger partial charge in [-0.25, -0.2) is 9.13 Å². The number of imidazole rings is 1. The van der Waals surface area contributed by atoms with Gasteiger partial charge >= 0.3 is 0 Å². The zero-order valence-corrected chi connectivity index (χ0v) is 13.4. The molecule has 22 heavy (non-hydrogen) atoms. The van der Waals surface area contributed by atoms with Gasteiger partial charge in [-0.15, -0.1) is 0 Å². The molecule has 3 aromatic rings. The number of aromatic nitrogens is 2. The van der Waals surface area contributed by atoms with E-state index in [0.717, 1.165) is 11.0 Å². The molecule has 1 heterocycles. The average molecular weight is 334 g/mol. The summed E-state index contributed by atoms with van der Waals surface area (Å²) in [5.74, 6) is 0.638. The van der Waals surface area contributed by atoms with Crippen LogP contribution in [0.2, 0.25) is 10.0 Å². The Morgan fingerprint density at radius 3 is 2.77 bits per heavy atom. The first-order valence-electron chi connectivity index (χ1n) is 6.88. The van der Waals surface area contributed by atoms with Gasteiger partial charge in [0.2, 0.25) is 6.33 Å². The molecule has 3 rings (SSSR count). The third-order valence-corrected chi connectivity index (χ3v) is 3.94. The van der Waals surface area contributed by atoms with Gasteiger partial charge in [-0.2, -0.15) is 0 Å². The van der Waals surface area contributed by atoms with Crippen LogP contribution in [-0.2, 0) is 6.54 Å². The highest BCUT2D eigenvalue weighted by Crippen LogP contribution is 2.27. The fourth-order valence-electron chi connectivity index (χ4n) is 2.37. The maximum absolute atomic E-state index is 6.10. The van der Waals surface area contributed by atoms with Crippen LogP contribution in [0.1, 0.15) is 0 Å². The van der Waals surface area contributed by atoms with Gasteiger partial charge in [0.05, 0.1) is 11.2 Å². The summed E-state index contributed by atoms with van der Waals surface area (Å²) in [6.45, 7) is 5.05. The van der Waals surface area contributed by atoms with Gasteiger partial charge in [-0.1, -0.05) is 41.9 Å². The van der Waals surface area contributed by atoms with Crippen molar-refractivity contribution in [2.45, 2.75) is 6.54 Å². The summed E-state index contributed by atoms with van der Waals surface area (Å²) in [6.07, 6.45) is 3.79. The molecule has 5 heteroatoms. The Balaban J connectivity index is 1.75. The molecular weight excluding hydrogens is 319 g/mol. The summed E-state index contributed by atoms with van der Waals surface area (Å²) in [7, 11) is 0. The quantitative estimate of drug-likeness (QED) is 0.632. The fraction of sp³-hybridized carbons (Fsp3) is 0.118. The van der Waals surface area contributed by atoms with E-state index in [2.05, 4.69) is 23.3 Å². The second-order valence-electron chi connectivity index (χ2n) is 4.81. The summed E-state index contributed by atoms with van der Waals surface area (Å²) in [4.78, 5) is 0. The van der Waals surface area contributed by atoms with E-state index in [4.69, 9.17) is 27.9 Å². The molecule has 0 bridgehead atoms. The number of fused-ring (bicyclic) bond motifs is 1. The number of ether oxygens (including phenoxy) is 1. The standard InChI is InChI=1S/C17H15Cl2N2O/c1-2-20-12-21(16-6-4-3-5-15(16)20)9-10-22-17-8-7-13(18)11-14(17)19/h2-8,11-12H,1,9-10H2/q+1. The molecule has 0 saturated heterocycles. The van der Waals surface area contributed by atoms with Crippen molar-refractivity contribution in [1.29, 1.82) is 0 Å². The largest absolute Gasteiger partial charge is 0.488 e. The number of hydrogen-bond donors (Lipinski definition) is 0. The third-order valence-electron chi connectivity index (χ3n) is 3.41. The van der Waals surface area contributed by atoms with Crippen molar-refractivity contribution in [2.75, 3.05) is 6.61 Å². The molecule has 0 aliphatic heterocycles. The first-order chi connectivity index (χ1) is 10.7. The van der Waals surface area contributed by atoms with Crippen molar-refractivity contribution < 1.29 is 9.30 Å². The SMILES string of the molecule is C=Cn1c[n+](CCOc2ccc(Cl)cc2Cl)c2ccccc21. The van der Waals surface area contributed by atoms with Gasteiger partial charge < -0.3 is 4.74 Å². The minimum Gasteiger partial charge on any atom is -0.488 e. The molecule has 0 aliphatic rings. The number of hydrogen-bond acceptors (Lipinski definition) is 1. The minimum atomic E-state index is 0.511. The Bertz CT molecular complexity index is 827. The molecule has 3 nitrogen and oxygen atoms in total. The molecule has 0 radical (unpaired) electrons. The van der Waals surface area contributed by atoms with Gasteiger partial charge in [0.25, 0.3) is 0 Å². The fourth-order valence-corrected chi connectivity index (χ4v) is 2.83. The van der Waals surface area contributed by atoms with Crippen molar-refractivity contribution in [3.63, 3.8) is 0 Å². The van der Waals surface area contributed by atoms with Crippen LogP contribution in [-0.4, -0.2) is 11.2 Å². The van der Waals surface area contributed by atoms with Crippen molar-refractivity contribution in [3.8, 4) is 5.75 Å². The number of rotatable bonds is 5. The molecule has 0 atom stereocenters. The molecule has 0 saturated carbocycles. The van der Waals surface area contributed by atoms with Crippen LogP contribution in [0.4, 0.5) is 0 Å². The number of nitrogens with zero attached hydrogens (tertiary/aromatic N) is 2. The van der Waals surface area contributed by atoms with Gasteiger partial charge in [-0.3, -0.25) is 0 Å². The Labute approximate surface area is 139 Å². The number of halogens is 2. The summed E-state index contributed by atoms with van der Waals surface area (Å²) in [5.41, 5.74) is 2.25. The zero-order chi connectivity index (χ0) is 15.5. The molecule has 0 spiro atoms. The highest BCUT2D eigenvalue weighted by Gasteiger charge is 2.13. The van der Waals surface area contributed by atoms with Crippen LogP contribution < -0.4 is 9.30 Å². The topological polar surface area (TPSA) is 18.0 Å². The zero-order valence-electron chi connectivity index (χ0n) is 11.9. The summed E-state index contributed by atoms with van der Waals surface area (Å²) in [6, 6.07) is 13.4. The lowest BCUT2D eigenvalue weighted by Gasteiger charge is -2.07. The van der Waals surface area contributed by atoms with E-state index < -0.39 is 0 Å². The summed E-state index contributed by atoms with van der Waals surface area (Å²) in [5, 5.41) is 1.12. The maximum Gasteiger partial charge on any atom is 0.249 e. The van der Waals surface area contributed by atoms with Gasteiger partial charge in [0.15, 0.2) is 11.0 Å². The second kappa shape index (κ2) is 6.42. The van der Waals surface area contributed by atoms with Crippen molar-refractivity contribution in [1.82, 2.24) is 4.57 Å². The molecule has 0 N–H and O–H groups in total. The Morgan fingerprint density at radius 1 is 1.18 bits per heavy atom. The number of para-hydroxylation sites is 2. The lowest BCUT2D eigenvalue weighted by Crippen LogP contribution is -2.35. The lowest BCUT2D eigenvalue weighted by atomic mass is 10.3. The van der Waals surface area contributed by atoms with Gasteiger partial charge in [-0.05, 0) is 30.3 Å². The highest BCUT2D eigenvalue weighted by atomic mass is 35.5. The van der Waals surface area contributed by atoms with Crippen LogP contribution in [0.3, 0.4) is 0 Å². The lowest BCUT2D eigenvalue weighted by molar-refractivity contribution is -0.672. The Morgan fingerprint density at radius 2 is 2.00 bits per heavy atom. The molecule has 112 valence electrons. The molecule has 0 amide bonds. The van der Waals surface area contributed by atoms with E-state index in [1.165, 1.54) is 0 Å². The Kier molecular flexibility index (Phi) is 4.36. The predicted octanol–water partition coefficient (Wildman–Crippen LogP) is 4.42. The van der Waals surface area contributed by atoms with Crippen molar-refractivity contribution in [3.05, 3.63) is 65.4 Å². The third kappa shape index (κ3) is 2.96. The molecule has 0 aliphatic carbocycles. The van der Waals surface area contributed by atoms with Crippen molar-refractivity contribution >= 4 is 40.4 Å². The molecule has 0 fully saturated rings. The van der Waals surface area contributed by atoms with E-state index in [1.54, 1.807) is 24.4 Å². The van der Waals surface area contributed by atoms with Crippen LogP contribution in [0.15, 0.2) is 55.4 Å². The monoisotopic (exact) mass is 333 g/mol. The first-order valence-corrected chi connectivity index (χ1v) is 7.64. The van der Waals surface area contributed by atoms with Crippen molar-refractivity contribution in [2.24, 2.45) is 0 Å². The molecule has 1 aromatic heterocycles. The van der Waals surface area contributed by atoms with Gasteiger partial charge in [0, 0.05) is 5.02 Å². The van der Waals surface area contributed by atoms with E-state index in [1.807, 2.05) is 23.0 Å². The Hall–Kier alpha value is -1.97. The van der Waals surface area contributed by atoms with E-state index in [0.29, 0.717) is 28.9 Å². The number of benzene rings is 2. The first kappa shape index (κ1) is 14.9. The smallest absolute Gasteiger partial charge is 0.249 e. The van der Waals surface area contributed by atoms with Crippen LogP contribution in [0, 0.1) is 0 Å². The van der Waals surface area contributed by atoms with E-state index >= 15 is 0 Å². The molecule has 2 aromatic carbocycles. The van der Waals surface area contributed by atoms with Crippen LogP contribution >= 0.6 is 23.2 Å². The van der Waals surface area contributed by atoms with E-state index in [9.17, 15) is 0 Å². The summed E-state index contributed by atoms with van der Waals surface area (Å²) >= 11 is 12.0. The summed E-state index contributed by atoms with van der Waals surface area (Å²) < 4.78 is 9.86. The highest BCUT2D eigenvalue weighted by molar-refractivity contribution is 6.35. The average Bonchev–Trinajstić information content (AvgIpc) is 2.88.